The average molecular weight is 308 g/mol. The van der Waals surface area contributed by atoms with Gasteiger partial charge in [0.1, 0.15) is 6.61 Å². The molecule has 0 radical (unpaired) electrons. The first-order chi connectivity index (χ1) is 9.02. The van der Waals surface area contributed by atoms with Crippen LogP contribution in [-0.2, 0) is 9.53 Å². The molecule has 0 aromatic heterocycles. The number of carbonyl (C=O) groups is 2. The van der Waals surface area contributed by atoms with E-state index in [1.807, 2.05) is 0 Å². The third-order valence-corrected chi connectivity index (χ3v) is 3.16. The predicted octanol–water partition coefficient (Wildman–Crippen LogP) is 0.988. The molecule has 0 spiro atoms. The van der Waals surface area contributed by atoms with Crippen molar-refractivity contribution in [2.75, 3.05) is 32.8 Å². The molecule has 118 valence electrons. The highest BCUT2D eigenvalue weighted by atomic mass is 35.5. The summed E-state index contributed by atoms with van der Waals surface area (Å²) in [6.45, 7) is 6.77. The Balaban J connectivity index is 0.00000361. The van der Waals surface area contributed by atoms with E-state index in [4.69, 9.17) is 10.5 Å². The first-order valence-corrected chi connectivity index (χ1v) is 6.91. The lowest BCUT2D eigenvalue weighted by atomic mass is 9.94. The van der Waals surface area contributed by atoms with E-state index in [9.17, 15) is 9.59 Å². The number of hydrogen-bond donors (Lipinski definition) is 2. The van der Waals surface area contributed by atoms with Crippen LogP contribution in [0.5, 0.6) is 0 Å². The zero-order valence-corrected chi connectivity index (χ0v) is 13.1. The van der Waals surface area contributed by atoms with E-state index in [0.29, 0.717) is 38.5 Å². The summed E-state index contributed by atoms with van der Waals surface area (Å²) in [5, 5.41) is 2.70. The van der Waals surface area contributed by atoms with E-state index in [1.54, 1.807) is 4.90 Å². The van der Waals surface area contributed by atoms with Crippen molar-refractivity contribution in [2.24, 2.45) is 17.6 Å². The fourth-order valence-electron chi connectivity index (χ4n) is 2.22. The van der Waals surface area contributed by atoms with Crippen molar-refractivity contribution in [2.45, 2.75) is 26.7 Å². The van der Waals surface area contributed by atoms with Crippen molar-refractivity contribution in [3.63, 3.8) is 0 Å². The van der Waals surface area contributed by atoms with Crippen molar-refractivity contribution in [1.82, 2.24) is 10.2 Å². The molecule has 1 heterocycles. The molecule has 20 heavy (non-hydrogen) atoms. The molecular weight excluding hydrogens is 282 g/mol. The van der Waals surface area contributed by atoms with Gasteiger partial charge in [-0.3, -0.25) is 4.79 Å². The smallest absolute Gasteiger partial charge is 0.317 e. The standard InChI is InChI=1S/C13H25N3O3.ClH/c1-10(2)7-11(9-14)8-12(17)19-6-5-16-4-3-15-13(16)18;/h10-11H,3-9,14H2,1-2H3,(H,15,18);1H/t11-;/m0./s1. The lowest BCUT2D eigenvalue weighted by molar-refractivity contribution is -0.145. The number of amides is 2. The van der Waals surface area contributed by atoms with Gasteiger partial charge in [-0.1, -0.05) is 13.8 Å². The molecule has 3 N–H and O–H groups in total. The SMILES string of the molecule is CC(C)C[C@H](CN)CC(=O)OCCN1CCNC1=O.Cl. The number of halogens is 1. The number of nitrogens with one attached hydrogen (secondary N) is 1. The maximum Gasteiger partial charge on any atom is 0.317 e. The van der Waals surface area contributed by atoms with E-state index in [0.717, 1.165) is 6.42 Å². The highest BCUT2D eigenvalue weighted by molar-refractivity contribution is 5.85. The topological polar surface area (TPSA) is 84.7 Å². The molecule has 0 unspecified atom stereocenters. The Morgan fingerprint density at radius 3 is 2.70 bits per heavy atom. The zero-order chi connectivity index (χ0) is 14.3. The molecule has 1 rings (SSSR count). The van der Waals surface area contributed by atoms with E-state index in [-0.39, 0.29) is 36.9 Å². The van der Waals surface area contributed by atoms with E-state index < -0.39 is 0 Å². The molecule has 6 nitrogen and oxygen atoms in total. The fraction of sp³-hybridized carbons (Fsp3) is 0.846. The molecule has 0 saturated carbocycles. The summed E-state index contributed by atoms with van der Waals surface area (Å²) in [5.41, 5.74) is 5.65. The molecule has 1 saturated heterocycles. The minimum atomic E-state index is -0.226. The van der Waals surface area contributed by atoms with E-state index >= 15 is 0 Å². The Bertz CT molecular complexity index is 313. The monoisotopic (exact) mass is 307 g/mol. The summed E-state index contributed by atoms with van der Waals surface area (Å²) in [4.78, 5) is 24.5. The van der Waals surface area contributed by atoms with Gasteiger partial charge in [-0.15, -0.1) is 12.4 Å². The minimum Gasteiger partial charge on any atom is -0.464 e. The Morgan fingerprint density at radius 2 is 2.20 bits per heavy atom. The highest BCUT2D eigenvalue weighted by Gasteiger charge is 2.20. The van der Waals surface area contributed by atoms with Gasteiger partial charge < -0.3 is 20.7 Å². The Kier molecular flexibility index (Phi) is 9.33. The lowest BCUT2D eigenvalue weighted by Gasteiger charge is -2.17. The van der Waals surface area contributed by atoms with Crippen molar-refractivity contribution in [3.05, 3.63) is 0 Å². The zero-order valence-electron chi connectivity index (χ0n) is 12.3. The minimum absolute atomic E-state index is 0. The number of ether oxygens (including phenoxy) is 1. The molecule has 7 heteroatoms. The van der Waals surface area contributed by atoms with Crippen LogP contribution in [0.3, 0.4) is 0 Å². The van der Waals surface area contributed by atoms with Crippen LogP contribution in [-0.4, -0.2) is 49.7 Å². The van der Waals surface area contributed by atoms with Gasteiger partial charge >= 0.3 is 12.0 Å². The van der Waals surface area contributed by atoms with Gasteiger partial charge in [-0.25, -0.2) is 4.79 Å². The van der Waals surface area contributed by atoms with Gasteiger partial charge in [0.05, 0.1) is 6.54 Å². The third-order valence-electron chi connectivity index (χ3n) is 3.16. The third kappa shape index (κ3) is 6.96. The molecule has 1 aliphatic rings. The van der Waals surface area contributed by atoms with E-state index in [2.05, 4.69) is 19.2 Å². The van der Waals surface area contributed by atoms with Crippen LogP contribution in [0.1, 0.15) is 26.7 Å². The quantitative estimate of drug-likeness (QED) is 0.655. The summed E-state index contributed by atoms with van der Waals surface area (Å²) in [6.07, 6.45) is 1.29. The fourth-order valence-corrected chi connectivity index (χ4v) is 2.22. The van der Waals surface area contributed by atoms with Crippen molar-refractivity contribution >= 4 is 24.4 Å². The number of hydrogen-bond acceptors (Lipinski definition) is 4. The number of carbonyl (C=O) groups excluding carboxylic acids is 2. The number of rotatable bonds is 8. The van der Waals surface area contributed by atoms with Gasteiger partial charge in [0.15, 0.2) is 0 Å². The summed E-state index contributed by atoms with van der Waals surface area (Å²) in [6, 6.07) is -0.0873. The molecule has 0 bridgehead atoms. The van der Waals surface area contributed by atoms with Crippen LogP contribution in [0.25, 0.3) is 0 Å². The second-order valence-corrected chi connectivity index (χ2v) is 5.37. The van der Waals surface area contributed by atoms with Gasteiger partial charge in [0.25, 0.3) is 0 Å². The second-order valence-electron chi connectivity index (χ2n) is 5.37. The van der Waals surface area contributed by atoms with Crippen LogP contribution < -0.4 is 11.1 Å². The molecule has 1 atom stereocenters. The maximum absolute atomic E-state index is 11.7. The number of urea groups is 1. The van der Waals surface area contributed by atoms with Gasteiger partial charge in [0, 0.05) is 19.5 Å². The van der Waals surface area contributed by atoms with Gasteiger partial charge in [-0.2, -0.15) is 0 Å². The summed E-state index contributed by atoms with van der Waals surface area (Å²) in [5.74, 6) is 0.480. The van der Waals surface area contributed by atoms with Crippen LogP contribution >= 0.6 is 12.4 Å². The van der Waals surface area contributed by atoms with Crippen molar-refractivity contribution in [1.29, 1.82) is 0 Å². The maximum atomic E-state index is 11.7. The largest absolute Gasteiger partial charge is 0.464 e. The molecule has 0 aromatic carbocycles. The van der Waals surface area contributed by atoms with Crippen LogP contribution in [0, 0.1) is 11.8 Å². The van der Waals surface area contributed by atoms with Crippen molar-refractivity contribution < 1.29 is 14.3 Å². The Labute approximate surface area is 126 Å². The second kappa shape index (κ2) is 9.83. The van der Waals surface area contributed by atoms with Crippen molar-refractivity contribution in [3.8, 4) is 0 Å². The lowest BCUT2D eigenvalue weighted by Crippen LogP contribution is -2.32. The molecule has 0 aliphatic carbocycles. The summed E-state index contributed by atoms with van der Waals surface area (Å²) in [7, 11) is 0. The highest BCUT2D eigenvalue weighted by Crippen LogP contribution is 2.14. The normalized spacial score (nSPS) is 15.8. The Morgan fingerprint density at radius 1 is 1.50 bits per heavy atom. The summed E-state index contributed by atoms with van der Waals surface area (Å²) >= 11 is 0. The molecule has 2 amide bonds. The first kappa shape index (κ1) is 19.0. The number of nitrogens with zero attached hydrogens (tertiary/aromatic N) is 1. The predicted molar refractivity (Wildman–Crippen MR) is 79.8 cm³/mol. The van der Waals surface area contributed by atoms with E-state index in [1.165, 1.54) is 0 Å². The summed E-state index contributed by atoms with van der Waals surface area (Å²) < 4.78 is 5.15. The van der Waals surface area contributed by atoms with Crippen LogP contribution in [0.2, 0.25) is 0 Å². The van der Waals surface area contributed by atoms with Crippen LogP contribution in [0.4, 0.5) is 4.79 Å². The number of esters is 1. The van der Waals surface area contributed by atoms with Crippen LogP contribution in [0.15, 0.2) is 0 Å². The van der Waals surface area contributed by atoms with Gasteiger partial charge in [-0.05, 0) is 24.8 Å². The first-order valence-electron chi connectivity index (χ1n) is 6.91. The molecule has 1 aliphatic heterocycles. The average Bonchev–Trinajstić information content (AvgIpc) is 2.73. The Hall–Kier alpha value is -1.01. The van der Waals surface area contributed by atoms with Gasteiger partial charge in [0.2, 0.25) is 0 Å². The molecule has 1 fully saturated rings. The molecular formula is C13H26ClN3O3. The molecule has 0 aromatic rings. The number of nitrogens with two attached hydrogens (primary N) is 1.